The Kier molecular flexibility index (Phi) is 5.28. The summed E-state index contributed by atoms with van der Waals surface area (Å²) in [7, 11) is 0. The van der Waals surface area contributed by atoms with Gasteiger partial charge >= 0.3 is 6.03 Å². The van der Waals surface area contributed by atoms with E-state index in [-0.39, 0.29) is 12.1 Å². The van der Waals surface area contributed by atoms with E-state index in [1.54, 1.807) is 0 Å². The minimum Gasteiger partial charge on any atom is -0.376 e. The first-order valence-electron chi connectivity index (χ1n) is 9.17. The van der Waals surface area contributed by atoms with Crippen molar-refractivity contribution in [3.05, 3.63) is 35.2 Å². The summed E-state index contributed by atoms with van der Waals surface area (Å²) in [6.07, 6.45) is 6.20. The molecular weight excluding hydrogens is 354 g/mol. The minimum atomic E-state index is 0.0162. The smallest absolute Gasteiger partial charge is 0.317 e. The van der Waals surface area contributed by atoms with E-state index in [4.69, 9.17) is 16.3 Å². The van der Waals surface area contributed by atoms with Gasteiger partial charge in [0.15, 0.2) is 0 Å². The number of fused-ring (bicyclic) bond motifs is 1. The van der Waals surface area contributed by atoms with Crippen molar-refractivity contribution < 1.29 is 9.53 Å². The summed E-state index contributed by atoms with van der Waals surface area (Å²) in [5.74, 6) is 0. The molecule has 2 saturated heterocycles. The largest absolute Gasteiger partial charge is 0.376 e. The number of hydrogen-bond acceptors (Lipinski definition) is 4. The second kappa shape index (κ2) is 7.82. The fourth-order valence-electron chi connectivity index (χ4n) is 3.55. The van der Waals surface area contributed by atoms with Gasteiger partial charge in [-0.25, -0.2) is 9.78 Å². The monoisotopic (exact) mass is 377 g/mol. The third kappa shape index (κ3) is 4.11. The highest BCUT2D eigenvalue weighted by Crippen LogP contribution is 2.14. The molecule has 8 heteroatoms. The molecule has 2 aromatic heterocycles. The van der Waals surface area contributed by atoms with Crippen LogP contribution in [0.1, 0.15) is 18.5 Å². The number of aromatic nitrogens is 2. The summed E-state index contributed by atoms with van der Waals surface area (Å²) in [6.45, 7) is 5.37. The van der Waals surface area contributed by atoms with Crippen LogP contribution in [0.5, 0.6) is 0 Å². The molecule has 0 aliphatic carbocycles. The van der Waals surface area contributed by atoms with Crippen LogP contribution in [-0.2, 0) is 11.3 Å². The number of amides is 2. The summed E-state index contributed by atoms with van der Waals surface area (Å²) in [4.78, 5) is 21.1. The van der Waals surface area contributed by atoms with Crippen LogP contribution in [0.3, 0.4) is 0 Å². The van der Waals surface area contributed by atoms with E-state index in [1.807, 2.05) is 33.8 Å². The van der Waals surface area contributed by atoms with E-state index in [1.165, 1.54) is 0 Å². The van der Waals surface area contributed by atoms with Crippen molar-refractivity contribution >= 4 is 23.3 Å². The summed E-state index contributed by atoms with van der Waals surface area (Å²) in [5, 5.41) is 3.70. The number of hydrogen-bond donors (Lipinski definition) is 1. The molecule has 1 atom stereocenters. The lowest BCUT2D eigenvalue weighted by Gasteiger charge is -2.34. The van der Waals surface area contributed by atoms with Crippen molar-refractivity contribution in [1.82, 2.24) is 24.5 Å². The molecule has 4 heterocycles. The number of imidazole rings is 1. The van der Waals surface area contributed by atoms with E-state index >= 15 is 0 Å². The maximum Gasteiger partial charge on any atom is 0.317 e. The number of carbonyl (C=O) groups is 1. The Morgan fingerprint density at radius 1 is 1.27 bits per heavy atom. The maximum absolute atomic E-state index is 12.3. The molecule has 2 fully saturated rings. The van der Waals surface area contributed by atoms with Gasteiger partial charge in [0, 0.05) is 58.3 Å². The molecule has 0 aromatic carbocycles. The molecule has 0 saturated carbocycles. The van der Waals surface area contributed by atoms with E-state index in [9.17, 15) is 4.79 Å². The number of nitrogens with zero attached hydrogens (tertiary/aromatic N) is 4. The highest BCUT2D eigenvalue weighted by Gasteiger charge is 2.23. The van der Waals surface area contributed by atoms with Crippen LogP contribution in [-0.4, -0.2) is 70.7 Å². The van der Waals surface area contributed by atoms with Crippen molar-refractivity contribution in [3.8, 4) is 0 Å². The first kappa shape index (κ1) is 17.6. The fourth-order valence-corrected chi connectivity index (χ4v) is 3.72. The summed E-state index contributed by atoms with van der Waals surface area (Å²) >= 11 is 6.02. The molecule has 26 heavy (non-hydrogen) atoms. The van der Waals surface area contributed by atoms with E-state index < -0.39 is 0 Å². The Hall–Kier alpha value is -1.83. The van der Waals surface area contributed by atoms with Crippen LogP contribution in [0, 0.1) is 0 Å². The predicted molar refractivity (Wildman–Crippen MR) is 99.4 cm³/mol. The van der Waals surface area contributed by atoms with Crippen LogP contribution >= 0.6 is 11.6 Å². The molecule has 4 rings (SSSR count). The van der Waals surface area contributed by atoms with Gasteiger partial charge in [0.05, 0.1) is 16.8 Å². The average molecular weight is 378 g/mol. The number of urea groups is 1. The molecule has 2 aliphatic rings. The number of piperazine rings is 1. The fraction of sp³-hybridized carbons (Fsp3) is 0.556. The van der Waals surface area contributed by atoms with Crippen LogP contribution in [0.2, 0.25) is 5.02 Å². The Bertz CT molecular complexity index is 766. The van der Waals surface area contributed by atoms with Gasteiger partial charge in [-0.1, -0.05) is 11.6 Å². The van der Waals surface area contributed by atoms with Crippen molar-refractivity contribution in [2.24, 2.45) is 0 Å². The third-order valence-corrected chi connectivity index (χ3v) is 5.24. The molecule has 2 amide bonds. The van der Waals surface area contributed by atoms with Gasteiger partial charge in [0.1, 0.15) is 5.65 Å². The Balaban J connectivity index is 1.25. The van der Waals surface area contributed by atoms with Gasteiger partial charge in [-0.15, -0.1) is 0 Å². The Labute approximate surface area is 157 Å². The maximum atomic E-state index is 12.3. The van der Waals surface area contributed by atoms with Gasteiger partial charge in [0.2, 0.25) is 0 Å². The standard InChI is InChI=1S/C18H24ClN5O2/c19-14-3-4-17-21-15(13-24(17)11-14)12-22-5-7-23(8-6-22)18(25)20-10-16-2-1-9-26-16/h3-4,11,13,16H,1-2,5-10,12H2,(H,20,25). The molecule has 7 nitrogen and oxygen atoms in total. The van der Waals surface area contributed by atoms with Crippen LogP contribution in [0.15, 0.2) is 24.5 Å². The number of ether oxygens (including phenoxy) is 1. The van der Waals surface area contributed by atoms with E-state index in [2.05, 4.69) is 15.2 Å². The van der Waals surface area contributed by atoms with Crippen molar-refractivity contribution in [2.45, 2.75) is 25.5 Å². The quantitative estimate of drug-likeness (QED) is 0.885. The topological polar surface area (TPSA) is 62.1 Å². The Morgan fingerprint density at radius 3 is 2.88 bits per heavy atom. The van der Waals surface area contributed by atoms with Gasteiger partial charge in [-0.3, -0.25) is 4.90 Å². The lowest BCUT2D eigenvalue weighted by atomic mass is 10.2. The number of rotatable bonds is 4. The molecule has 140 valence electrons. The number of halogens is 1. The summed E-state index contributed by atoms with van der Waals surface area (Å²) < 4.78 is 7.50. The molecule has 2 aliphatic heterocycles. The van der Waals surface area contributed by atoms with Crippen LogP contribution < -0.4 is 5.32 Å². The third-order valence-electron chi connectivity index (χ3n) is 5.01. The van der Waals surface area contributed by atoms with Gasteiger partial charge in [-0.05, 0) is 25.0 Å². The van der Waals surface area contributed by atoms with Gasteiger partial charge in [0.25, 0.3) is 0 Å². The first-order valence-corrected chi connectivity index (χ1v) is 9.55. The zero-order valence-corrected chi connectivity index (χ0v) is 15.5. The lowest BCUT2D eigenvalue weighted by molar-refractivity contribution is 0.103. The van der Waals surface area contributed by atoms with Gasteiger partial charge in [-0.2, -0.15) is 0 Å². The normalized spacial score (nSPS) is 21.4. The number of pyridine rings is 1. The first-order chi connectivity index (χ1) is 12.7. The predicted octanol–water partition coefficient (Wildman–Crippen LogP) is 1.99. The van der Waals surface area contributed by atoms with Crippen molar-refractivity contribution in [2.75, 3.05) is 39.3 Å². The molecule has 0 radical (unpaired) electrons. The zero-order chi connectivity index (χ0) is 17.9. The van der Waals surface area contributed by atoms with Crippen molar-refractivity contribution in [3.63, 3.8) is 0 Å². The zero-order valence-electron chi connectivity index (χ0n) is 14.7. The van der Waals surface area contributed by atoms with Gasteiger partial charge < -0.3 is 19.4 Å². The SMILES string of the molecule is O=C(NCC1CCCO1)N1CCN(Cc2cn3cc(Cl)ccc3n2)CC1. The number of carbonyl (C=O) groups excluding carboxylic acids is 1. The molecule has 1 N–H and O–H groups in total. The average Bonchev–Trinajstić information content (AvgIpc) is 3.29. The Morgan fingerprint density at radius 2 is 2.12 bits per heavy atom. The van der Waals surface area contributed by atoms with E-state index in [0.29, 0.717) is 11.6 Å². The summed E-state index contributed by atoms with van der Waals surface area (Å²) in [6, 6.07) is 3.78. The van der Waals surface area contributed by atoms with Crippen LogP contribution in [0.25, 0.3) is 5.65 Å². The highest BCUT2D eigenvalue weighted by atomic mass is 35.5. The molecule has 1 unspecified atom stereocenters. The van der Waals surface area contributed by atoms with Crippen LogP contribution in [0.4, 0.5) is 4.79 Å². The van der Waals surface area contributed by atoms with E-state index in [0.717, 1.165) is 63.5 Å². The second-order valence-electron chi connectivity index (χ2n) is 6.93. The molecular formula is C18H24ClN5O2. The minimum absolute atomic E-state index is 0.0162. The molecule has 0 spiro atoms. The van der Waals surface area contributed by atoms with Crippen molar-refractivity contribution in [1.29, 1.82) is 0 Å². The summed E-state index contributed by atoms with van der Waals surface area (Å²) in [5.41, 5.74) is 1.92. The second-order valence-corrected chi connectivity index (χ2v) is 7.37. The lowest BCUT2D eigenvalue weighted by Crippen LogP contribution is -2.52. The molecule has 2 aromatic rings. The highest BCUT2D eigenvalue weighted by molar-refractivity contribution is 6.30. The number of nitrogens with one attached hydrogen (secondary N) is 1. The molecule has 0 bridgehead atoms.